The van der Waals surface area contributed by atoms with Crippen molar-refractivity contribution < 1.29 is 14.3 Å². The molecule has 0 N–H and O–H groups in total. The SMILES string of the molecule is COC(=O)[C@@H]1C[C@H](c2ccc(Cl)cc2)CN1C(=O)c1ccccc1. The highest BCUT2D eigenvalue weighted by atomic mass is 35.5. The van der Waals surface area contributed by atoms with Crippen LogP contribution in [0.25, 0.3) is 0 Å². The average molecular weight is 344 g/mol. The third kappa shape index (κ3) is 3.29. The molecule has 2 atom stereocenters. The highest BCUT2D eigenvalue weighted by Gasteiger charge is 2.41. The number of halogens is 1. The Bertz CT molecular complexity index is 730. The summed E-state index contributed by atoms with van der Waals surface area (Å²) in [6.45, 7) is 0.481. The van der Waals surface area contributed by atoms with Crippen LogP contribution in [0.2, 0.25) is 5.02 Å². The van der Waals surface area contributed by atoms with E-state index in [0.717, 1.165) is 5.56 Å². The molecule has 1 heterocycles. The van der Waals surface area contributed by atoms with Crippen molar-refractivity contribution in [3.8, 4) is 0 Å². The fourth-order valence-electron chi connectivity index (χ4n) is 3.14. The van der Waals surface area contributed by atoms with Crippen LogP contribution >= 0.6 is 11.6 Å². The third-order valence-corrected chi connectivity index (χ3v) is 4.65. The Labute approximate surface area is 146 Å². The van der Waals surface area contributed by atoms with Gasteiger partial charge in [-0.3, -0.25) is 4.79 Å². The van der Waals surface area contributed by atoms with Crippen molar-refractivity contribution in [3.63, 3.8) is 0 Å². The fraction of sp³-hybridized carbons (Fsp3) is 0.263. The Morgan fingerprint density at radius 3 is 2.38 bits per heavy atom. The molecular formula is C19H18ClNO3. The third-order valence-electron chi connectivity index (χ3n) is 4.40. The molecule has 0 aromatic heterocycles. The van der Waals surface area contributed by atoms with Crippen LogP contribution in [0.3, 0.4) is 0 Å². The van der Waals surface area contributed by atoms with Crippen LogP contribution in [0, 0.1) is 0 Å². The number of hydrogen-bond donors (Lipinski definition) is 0. The molecule has 0 aliphatic carbocycles. The number of hydrogen-bond acceptors (Lipinski definition) is 3. The van der Waals surface area contributed by atoms with Crippen molar-refractivity contribution in [2.24, 2.45) is 0 Å². The van der Waals surface area contributed by atoms with E-state index in [-0.39, 0.29) is 17.8 Å². The van der Waals surface area contributed by atoms with Gasteiger partial charge in [-0.1, -0.05) is 41.9 Å². The zero-order chi connectivity index (χ0) is 17.1. The summed E-state index contributed by atoms with van der Waals surface area (Å²) < 4.78 is 4.90. The molecule has 1 amide bonds. The van der Waals surface area contributed by atoms with Crippen LogP contribution in [0.1, 0.15) is 28.3 Å². The van der Waals surface area contributed by atoms with Crippen molar-refractivity contribution in [1.29, 1.82) is 0 Å². The van der Waals surface area contributed by atoms with Gasteiger partial charge in [0, 0.05) is 23.0 Å². The molecular weight excluding hydrogens is 326 g/mol. The van der Waals surface area contributed by atoms with Crippen LogP contribution in [0.4, 0.5) is 0 Å². The minimum atomic E-state index is -0.566. The van der Waals surface area contributed by atoms with Crippen LogP contribution in [0.5, 0.6) is 0 Å². The monoisotopic (exact) mass is 343 g/mol. The maximum atomic E-state index is 12.8. The van der Waals surface area contributed by atoms with Gasteiger partial charge < -0.3 is 9.64 Å². The number of amides is 1. The maximum Gasteiger partial charge on any atom is 0.328 e. The number of nitrogens with zero attached hydrogens (tertiary/aromatic N) is 1. The smallest absolute Gasteiger partial charge is 0.328 e. The first-order valence-corrected chi connectivity index (χ1v) is 8.17. The van der Waals surface area contributed by atoms with Gasteiger partial charge in [0.25, 0.3) is 5.91 Å². The summed E-state index contributed by atoms with van der Waals surface area (Å²) in [7, 11) is 1.35. The zero-order valence-corrected chi connectivity index (χ0v) is 14.1. The molecule has 1 saturated heterocycles. The molecule has 5 heteroatoms. The number of esters is 1. The Morgan fingerprint density at radius 2 is 1.75 bits per heavy atom. The van der Waals surface area contributed by atoms with Crippen LogP contribution in [-0.4, -0.2) is 36.5 Å². The minimum Gasteiger partial charge on any atom is -0.467 e. The largest absolute Gasteiger partial charge is 0.467 e. The molecule has 0 spiro atoms. The molecule has 1 aliphatic rings. The molecule has 4 nitrogen and oxygen atoms in total. The van der Waals surface area contributed by atoms with Gasteiger partial charge in [-0.25, -0.2) is 4.79 Å². The van der Waals surface area contributed by atoms with Gasteiger partial charge in [-0.15, -0.1) is 0 Å². The number of carbonyl (C=O) groups is 2. The first kappa shape index (κ1) is 16.5. The lowest BCUT2D eigenvalue weighted by Crippen LogP contribution is -2.41. The van der Waals surface area contributed by atoms with E-state index in [4.69, 9.17) is 16.3 Å². The van der Waals surface area contributed by atoms with Gasteiger partial charge in [-0.05, 0) is 36.2 Å². The molecule has 1 fully saturated rings. The average Bonchev–Trinajstić information content (AvgIpc) is 3.07. The van der Waals surface area contributed by atoms with E-state index in [9.17, 15) is 9.59 Å². The van der Waals surface area contributed by atoms with E-state index in [2.05, 4.69) is 0 Å². The van der Waals surface area contributed by atoms with E-state index in [0.29, 0.717) is 23.6 Å². The summed E-state index contributed by atoms with van der Waals surface area (Å²) in [6, 6.07) is 16.0. The molecule has 0 unspecified atom stereocenters. The van der Waals surface area contributed by atoms with Crippen molar-refractivity contribution in [2.75, 3.05) is 13.7 Å². The first-order valence-electron chi connectivity index (χ1n) is 7.79. The molecule has 0 radical (unpaired) electrons. The molecule has 0 bridgehead atoms. The predicted molar refractivity (Wildman–Crippen MR) is 92.1 cm³/mol. The molecule has 0 saturated carbocycles. The Hall–Kier alpha value is -2.33. The number of benzene rings is 2. The number of ether oxygens (including phenoxy) is 1. The van der Waals surface area contributed by atoms with E-state index < -0.39 is 6.04 Å². The van der Waals surface area contributed by atoms with Gasteiger partial charge in [0.15, 0.2) is 0 Å². The van der Waals surface area contributed by atoms with Crippen molar-refractivity contribution in [1.82, 2.24) is 4.90 Å². The van der Waals surface area contributed by atoms with E-state index in [1.54, 1.807) is 17.0 Å². The van der Waals surface area contributed by atoms with E-state index >= 15 is 0 Å². The Balaban J connectivity index is 1.87. The normalized spacial score (nSPS) is 20.0. The molecule has 124 valence electrons. The predicted octanol–water partition coefficient (Wildman–Crippen LogP) is 3.51. The Morgan fingerprint density at radius 1 is 1.08 bits per heavy atom. The summed E-state index contributed by atoms with van der Waals surface area (Å²) in [5, 5.41) is 0.665. The second-order valence-corrected chi connectivity index (χ2v) is 6.28. The second-order valence-electron chi connectivity index (χ2n) is 5.85. The second kappa shape index (κ2) is 7.05. The van der Waals surface area contributed by atoms with Crippen molar-refractivity contribution in [3.05, 3.63) is 70.7 Å². The van der Waals surface area contributed by atoms with Gasteiger partial charge in [0.1, 0.15) is 6.04 Å². The number of rotatable bonds is 3. The molecule has 1 aliphatic heterocycles. The van der Waals surface area contributed by atoms with Gasteiger partial charge in [0.2, 0.25) is 0 Å². The van der Waals surface area contributed by atoms with Crippen molar-refractivity contribution >= 4 is 23.5 Å². The maximum absolute atomic E-state index is 12.8. The van der Waals surface area contributed by atoms with E-state index in [1.807, 2.05) is 42.5 Å². The van der Waals surface area contributed by atoms with Gasteiger partial charge in [0.05, 0.1) is 7.11 Å². The summed E-state index contributed by atoms with van der Waals surface area (Å²) in [6.07, 6.45) is 0.548. The van der Waals surface area contributed by atoms with Crippen molar-refractivity contribution in [2.45, 2.75) is 18.4 Å². The lowest BCUT2D eigenvalue weighted by atomic mass is 9.96. The number of methoxy groups -OCH3 is 1. The molecule has 2 aromatic rings. The summed E-state index contributed by atoms with van der Waals surface area (Å²) in [5.41, 5.74) is 1.64. The zero-order valence-electron chi connectivity index (χ0n) is 13.3. The number of carbonyl (C=O) groups excluding carboxylic acids is 2. The van der Waals surface area contributed by atoms with Crippen LogP contribution in [-0.2, 0) is 9.53 Å². The van der Waals surface area contributed by atoms with Gasteiger partial charge in [-0.2, -0.15) is 0 Å². The molecule has 24 heavy (non-hydrogen) atoms. The highest BCUT2D eigenvalue weighted by molar-refractivity contribution is 6.30. The van der Waals surface area contributed by atoms with Gasteiger partial charge >= 0.3 is 5.97 Å². The lowest BCUT2D eigenvalue weighted by Gasteiger charge is -2.22. The quantitative estimate of drug-likeness (QED) is 0.801. The van der Waals surface area contributed by atoms with Crippen LogP contribution in [0.15, 0.2) is 54.6 Å². The fourth-order valence-corrected chi connectivity index (χ4v) is 3.27. The lowest BCUT2D eigenvalue weighted by molar-refractivity contribution is -0.145. The highest BCUT2D eigenvalue weighted by Crippen LogP contribution is 2.33. The summed E-state index contributed by atoms with van der Waals surface area (Å²) >= 11 is 5.94. The molecule has 3 rings (SSSR count). The molecule has 2 aromatic carbocycles. The summed E-state index contributed by atoms with van der Waals surface area (Å²) in [5.74, 6) is -0.447. The standard InChI is InChI=1S/C19H18ClNO3/c1-24-19(23)17-11-15(13-7-9-16(20)10-8-13)12-21(17)18(22)14-5-3-2-4-6-14/h2-10,15,17H,11-12H2,1H3/t15-,17-/m0/s1. The Kier molecular flexibility index (Phi) is 4.86. The first-order chi connectivity index (χ1) is 11.6. The summed E-state index contributed by atoms with van der Waals surface area (Å²) in [4.78, 5) is 26.6. The minimum absolute atomic E-state index is 0.0824. The topological polar surface area (TPSA) is 46.6 Å². The van der Waals surface area contributed by atoms with E-state index in [1.165, 1.54) is 7.11 Å². The van der Waals surface area contributed by atoms with Crippen LogP contribution < -0.4 is 0 Å². The number of likely N-dealkylation sites (tertiary alicyclic amines) is 1.